The van der Waals surface area contributed by atoms with E-state index in [-0.39, 0.29) is 30.2 Å². The molecule has 0 radical (unpaired) electrons. The average Bonchev–Trinajstić information content (AvgIpc) is 2.69. The van der Waals surface area contributed by atoms with Crippen molar-refractivity contribution in [3.05, 3.63) is 22.7 Å². The number of carbonyl (C=O) groups excluding carboxylic acids is 2. The van der Waals surface area contributed by atoms with E-state index in [1.807, 2.05) is 13.8 Å². The molecule has 0 spiro atoms. The topological polar surface area (TPSA) is 84.2 Å². The first-order valence-electron chi connectivity index (χ1n) is 6.55. The molecule has 1 heterocycles. The van der Waals surface area contributed by atoms with Crippen molar-refractivity contribution >= 4 is 34.8 Å². The second kappa shape index (κ2) is 5.81. The summed E-state index contributed by atoms with van der Waals surface area (Å²) in [6.07, 6.45) is 0.305. The van der Waals surface area contributed by atoms with Gasteiger partial charge in [0.05, 0.1) is 23.0 Å². The van der Waals surface area contributed by atoms with E-state index in [0.717, 1.165) is 5.56 Å². The SMILES string of the molecule is CC(C)C(CN)C(=O)Nc1cc2c(cc1Cl)NC(=O)C2. The molecule has 4 N–H and O–H groups in total. The van der Waals surface area contributed by atoms with E-state index in [1.165, 1.54) is 0 Å². The van der Waals surface area contributed by atoms with Crippen molar-refractivity contribution in [3.63, 3.8) is 0 Å². The molecule has 0 aromatic heterocycles. The molecule has 5 nitrogen and oxygen atoms in total. The number of amides is 2. The van der Waals surface area contributed by atoms with Crippen molar-refractivity contribution in [2.75, 3.05) is 17.2 Å². The maximum absolute atomic E-state index is 12.2. The first-order valence-corrected chi connectivity index (χ1v) is 6.93. The number of hydrogen-bond acceptors (Lipinski definition) is 3. The number of nitrogens with one attached hydrogen (secondary N) is 2. The maximum Gasteiger partial charge on any atom is 0.229 e. The zero-order valence-electron chi connectivity index (χ0n) is 11.5. The lowest BCUT2D eigenvalue weighted by Gasteiger charge is -2.19. The quantitative estimate of drug-likeness (QED) is 0.794. The van der Waals surface area contributed by atoms with Crippen LogP contribution in [0, 0.1) is 11.8 Å². The minimum absolute atomic E-state index is 0.0680. The van der Waals surface area contributed by atoms with Gasteiger partial charge in [-0.2, -0.15) is 0 Å². The molecule has 0 saturated heterocycles. The predicted molar refractivity (Wildman–Crippen MR) is 79.8 cm³/mol. The molecule has 1 aromatic carbocycles. The van der Waals surface area contributed by atoms with E-state index in [1.54, 1.807) is 12.1 Å². The summed E-state index contributed by atoms with van der Waals surface area (Å²) in [5.74, 6) is -0.335. The molecule has 108 valence electrons. The van der Waals surface area contributed by atoms with Crippen LogP contribution in [0.1, 0.15) is 19.4 Å². The molecular weight excluding hydrogens is 278 g/mol. The molecule has 2 amide bonds. The third kappa shape index (κ3) is 2.94. The fourth-order valence-electron chi connectivity index (χ4n) is 2.25. The first kappa shape index (κ1) is 14.8. The van der Waals surface area contributed by atoms with Gasteiger partial charge in [0.25, 0.3) is 0 Å². The van der Waals surface area contributed by atoms with Crippen LogP contribution >= 0.6 is 11.6 Å². The molecule has 1 unspecified atom stereocenters. The number of hydrogen-bond donors (Lipinski definition) is 3. The van der Waals surface area contributed by atoms with Crippen molar-refractivity contribution in [1.82, 2.24) is 0 Å². The molecule has 0 aliphatic carbocycles. The fraction of sp³-hybridized carbons (Fsp3) is 0.429. The van der Waals surface area contributed by atoms with Crippen LogP contribution in [-0.4, -0.2) is 18.4 Å². The van der Waals surface area contributed by atoms with Gasteiger partial charge in [0.2, 0.25) is 11.8 Å². The zero-order chi connectivity index (χ0) is 14.9. The number of nitrogens with two attached hydrogens (primary N) is 1. The summed E-state index contributed by atoms with van der Waals surface area (Å²) in [7, 11) is 0. The van der Waals surface area contributed by atoms with Gasteiger partial charge in [-0.1, -0.05) is 25.4 Å². The molecule has 2 rings (SSSR count). The van der Waals surface area contributed by atoms with Crippen molar-refractivity contribution < 1.29 is 9.59 Å². The van der Waals surface area contributed by atoms with Crippen LogP contribution in [0.15, 0.2) is 12.1 Å². The van der Waals surface area contributed by atoms with Gasteiger partial charge >= 0.3 is 0 Å². The molecule has 20 heavy (non-hydrogen) atoms. The number of benzene rings is 1. The van der Waals surface area contributed by atoms with E-state index < -0.39 is 0 Å². The summed E-state index contributed by atoms with van der Waals surface area (Å²) in [6, 6.07) is 3.39. The highest BCUT2D eigenvalue weighted by molar-refractivity contribution is 6.34. The van der Waals surface area contributed by atoms with Crippen LogP contribution in [0.3, 0.4) is 0 Å². The van der Waals surface area contributed by atoms with Crippen LogP contribution in [0.5, 0.6) is 0 Å². The molecule has 6 heteroatoms. The lowest BCUT2D eigenvalue weighted by atomic mass is 9.95. The molecule has 0 bridgehead atoms. The van der Waals surface area contributed by atoms with Gasteiger partial charge in [-0.05, 0) is 23.6 Å². The summed E-state index contributed by atoms with van der Waals surface area (Å²) in [5, 5.41) is 5.91. The number of rotatable bonds is 4. The van der Waals surface area contributed by atoms with Gasteiger partial charge in [-0.25, -0.2) is 0 Å². The lowest BCUT2D eigenvalue weighted by Crippen LogP contribution is -2.33. The monoisotopic (exact) mass is 295 g/mol. The van der Waals surface area contributed by atoms with Gasteiger partial charge in [-0.15, -0.1) is 0 Å². The minimum atomic E-state index is -0.265. The van der Waals surface area contributed by atoms with E-state index in [0.29, 0.717) is 22.8 Å². The summed E-state index contributed by atoms with van der Waals surface area (Å²) in [5.41, 5.74) is 7.69. The lowest BCUT2D eigenvalue weighted by molar-refractivity contribution is -0.120. The van der Waals surface area contributed by atoms with Gasteiger partial charge in [0.15, 0.2) is 0 Å². The van der Waals surface area contributed by atoms with Crippen LogP contribution in [-0.2, 0) is 16.0 Å². The standard InChI is InChI=1S/C14H18ClN3O2/c1-7(2)9(6-16)14(20)18-12-3-8-4-13(19)17-11(8)5-10(12)15/h3,5,7,9H,4,6,16H2,1-2H3,(H,17,19)(H,18,20). The number of fused-ring (bicyclic) bond motifs is 1. The Bertz CT molecular complexity index is 558. The molecule has 1 aliphatic heterocycles. The van der Waals surface area contributed by atoms with Crippen molar-refractivity contribution in [1.29, 1.82) is 0 Å². The Morgan fingerprint density at radius 3 is 2.80 bits per heavy atom. The summed E-state index contributed by atoms with van der Waals surface area (Å²) < 4.78 is 0. The van der Waals surface area contributed by atoms with Crippen LogP contribution < -0.4 is 16.4 Å². The largest absolute Gasteiger partial charge is 0.330 e. The highest BCUT2D eigenvalue weighted by Crippen LogP contribution is 2.33. The molecule has 0 saturated carbocycles. The predicted octanol–water partition coefficient (Wildman–Crippen LogP) is 2.00. The van der Waals surface area contributed by atoms with Crippen molar-refractivity contribution in [2.24, 2.45) is 17.6 Å². The normalized spacial score (nSPS) is 14.9. The van der Waals surface area contributed by atoms with E-state index >= 15 is 0 Å². The van der Waals surface area contributed by atoms with E-state index in [2.05, 4.69) is 10.6 Å². The van der Waals surface area contributed by atoms with Crippen LogP contribution in [0.4, 0.5) is 11.4 Å². The Labute approximate surface area is 122 Å². The zero-order valence-corrected chi connectivity index (χ0v) is 12.3. The molecule has 1 aromatic rings. The average molecular weight is 296 g/mol. The highest BCUT2D eigenvalue weighted by atomic mass is 35.5. The smallest absolute Gasteiger partial charge is 0.229 e. The second-order valence-corrected chi connectivity index (χ2v) is 5.70. The molecular formula is C14H18ClN3O2. The van der Waals surface area contributed by atoms with Gasteiger partial charge in [0.1, 0.15) is 0 Å². The Morgan fingerprint density at radius 2 is 2.20 bits per heavy atom. The van der Waals surface area contributed by atoms with Gasteiger partial charge in [-0.3, -0.25) is 9.59 Å². The second-order valence-electron chi connectivity index (χ2n) is 5.29. The third-order valence-electron chi connectivity index (χ3n) is 3.47. The maximum atomic E-state index is 12.2. The Hall–Kier alpha value is -1.59. The van der Waals surface area contributed by atoms with Crippen molar-refractivity contribution in [2.45, 2.75) is 20.3 Å². The van der Waals surface area contributed by atoms with Crippen molar-refractivity contribution in [3.8, 4) is 0 Å². The molecule has 0 fully saturated rings. The van der Waals surface area contributed by atoms with Crippen LogP contribution in [0.2, 0.25) is 5.02 Å². The fourth-order valence-corrected chi connectivity index (χ4v) is 2.46. The first-order chi connectivity index (χ1) is 9.42. The van der Waals surface area contributed by atoms with Gasteiger partial charge < -0.3 is 16.4 Å². The summed E-state index contributed by atoms with van der Waals surface area (Å²) >= 11 is 6.13. The van der Waals surface area contributed by atoms with E-state index in [9.17, 15) is 9.59 Å². The van der Waals surface area contributed by atoms with Crippen LogP contribution in [0.25, 0.3) is 0 Å². The summed E-state index contributed by atoms with van der Waals surface area (Å²) in [6.45, 7) is 4.18. The molecule has 1 aliphatic rings. The minimum Gasteiger partial charge on any atom is -0.330 e. The highest BCUT2D eigenvalue weighted by Gasteiger charge is 2.23. The number of carbonyl (C=O) groups is 2. The Balaban J connectivity index is 2.20. The van der Waals surface area contributed by atoms with Gasteiger partial charge in [0, 0.05) is 12.2 Å². The summed E-state index contributed by atoms with van der Waals surface area (Å²) in [4.78, 5) is 23.5. The Morgan fingerprint density at radius 1 is 1.50 bits per heavy atom. The van der Waals surface area contributed by atoms with E-state index in [4.69, 9.17) is 17.3 Å². The Kier molecular flexibility index (Phi) is 4.30. The molecule has 1 atom stereocenters. The number of anilines is 2. The third-order valence-corrected chi connectivity index (χ3v) is 3.78. The number of halogens is 1.